The van der Waals surface area contributed by atoms with E-state index in [-0.39, 0.29) is 5.91 Å². The van der Waals surface area contributed by atoms with E-state index in [2.05, 4.69) is 20.5 Å². The molecule has 0 saturated carbocycles. The van der Waals surface area contributed by atoms with E-state index >= 15 is 0 Å². The monoisotopic (exact) mass is 276 g/mol. The van der Waals surface area contributed by atoms with Crippen molar-refractivity contribution in [1.29, 1.82) is 0 Å². The van der Waals surface area contributed by atoms with Crippen LogP contribution < -0.4 is 4.90 Å². The number of amides is 1. The van der Waals surface area contributed by atoms with Crippen molar-refractivity contribution >= 4 is 11.6 Å². The maximum absolute atomic E-state index is 12.2. The SMILES string of the molecule is Cn1cc(N2CCN(Cc3nnn(C)n3)CC2=O)cn1. The van der Waals surface area contributed by atoms with Crippen LogP contribution in [0, 0.1) is 0 Å². The summed E-state index contributed by atoms with van der Waals surface area (Å²) >= 11 is 0. The average molecular weight is 276 g/mol. The second kappa shape index (κ2) is 5.00. The van der Waals surface area contributed by atoms with E-state index in [1.54, 1.807) is 22.8 Å². The van der Waals surface area contributed by atoms with Crippen LogP contribution in [0.3, 0.4) is 0 Å². The summed E-state index contributed by atoms with van der Waals surface area (Å²) in [7, 11) is 3.56. The lowest BCUT2D eigenvalue weighted by atomic mass is 10.3. The molecule has 0 spiro atoms. The average Bonchev–Trinajstić information content (AvgIpc) is 2.99. The third-order valence-electron chi connectivity index (χ3n) is 3.22. The summed E-state index contributed by atoms with van der Waals surface area (Å²) in [5, 5.41) is 15.9. The molecule has 1 aliphatic heterocycles. The van der Waals surface area contributed by atoms with E-state index < -0.39 is 0 Å². The number of carbonyl (C=O) groups excluding carboxylic acids is 1. The molecule has 0 aromatic carbocycles. The molecule has 2 aromatic rings. The van der Waals surface area contributed by atoms with Gasteiger partial charge in [0.05, 0.1) is 32.0 Å². The van der Waals surface area contributed by atoms with E-state index in [1.165, 1.54) is 4.80 Å². The second-order valence-corrected chi connectivity index (χ2v) is 4.82. The quantitative estimate of drug-likeness (QED) is 0.699. The van der Waals surface area contributed by atoms with Crippen molar-refractivity contribution in [2.24, 2.45) is 14.1 Å². The van der Waals surface area contributed by atoms with E-state index in [1.807, 2.05) is 18.1 Å². The summed E-state index contributed by atoms with van der Waals surface area (Å²) in [4.78, 5) is 17.4. The van der Waals surface area contributed by atoms with Gasteiger partial charge in [0.15, 0.2) is 5.82 Å². The van der Waals surface area contributed by atoms with Crippen LogP contribution in [0.15, 0.2) is 12.4 Å². The zero-order chi connectivity index (χ0) is 14.1. The number of tetrazole rings is 1. The predicted octanol–water partition coefficient (Wildman–Crippen LogP) is -1.21. The van der Waals surface area contributed by atoms with E-state index in [0.717, 1.165) is 12.2 Å². The second-order valence-electron chi connectivity index (χ2n) is 4.82. The van der Waals surface area contributed by atoms with Crippen LogP contribution in [0.2, 0.25) is 0 Å². The first-order valence-corrected chi connectivity index (χ1v) is 6.36. The largest absolute Gasteiger partial charge is 0.307 e. The molecule has 0 aliphatic carbocycles. The zero-order valence-corrected chi connectivity index (χ0v) is 11.5. The lowest BCUT2D eigenvalue weighted by Crippen LogP contribution is -2.50. The van der Waals surface area contributed by atoms with Crippen LogP contribution in [0.1, 0.15) is 5.82 Å². The molecule has 20 heavy (non-hydrogen) atoms. The Morgan fingerprint density at radius 2 is 2.15 bits per heavy atom. The molecular weight excluding hydrogens is 260 g/mol. The molecular formula is C11H16N8O. The van der Waals surface area contributed by atoms with Gasteiger partial charge in [0, 0.05) is 26.3 Å². The fraction of sp³-hybridized carbons (Fsp3) is 0.545. The zero-order valence-electron chi connectivity index (χ0n) is 11.5. The molecule has 2 aromatic heterocycles. The van der Waals surface area contributed by atoms with Crippen LogP contribution in [-0.2, 0) is 25.4 Å². The van der Waals surface area contributed by atoms with E-state index in [9.17, 15) is 4.79 Å². The molecule has 1 amide bonds. The minimum Gasteiger partial charge on any atom is -0.307 e. The van der Waals surface area contributed by atoms with Crippen LogP contribution in [0.25, 0.3) is 0 Å². The Morgan fingerprint density at radius 1 is 1.30 bits per heavy atom. The standard InChI is InChI=1S/C11H16N8O/c1-16-6-9(5-12-16)19-4-3-18(8-11(19)20)7-10-13-15-17(2)14-10/h5-6H,3-4,7-8H2,1-2H3. The van der Waals surface area contributed by atoms with Crippen molar-refractivity contribution in [2.45, 2.75) is 6.54 Å². The highest BCUT2D eigenvalue weighted by Gasteiger charge is 2.26. The van der Waals surface area contributed by atoms with Gasteiger partial charge in [-0.05, 0) is 5.21 Å². The van der Waals surface area contributed by atoms with Gasteiger partial charge in [-0.2, -0.15) is 9.90 Å². The third-order valence-corrected chi connectivity index (χ3v) is 3.22. The summed E-state index contributed by atoms with van der Waals surface area (Å²) in [6.45, 7) is 2.32. The number of carbonyl (C=O) groups is 1. The van der Waals surface area contributed by atoms with Crippen LogP contribution in [0.5, 0.6) is 0 Å². The summed E-state index contributed by atoms with van der Waals surface area (Å²) in [5.41, 5.74) is 0.842. The Morgan fingerprint density at radius 3 is 2.75 bits per heavy atom. The number of aromatic nitrogens is 6. The Hall–Kier alpha value is -2.29. The molecule has 9 heteroatoms. The van der Waals surface area contributed by atoms with Crippen molar-refractivity contribution in [3.8, 4) is 0 Å². The minimum atomic E-state index is 0.0631. The van der Waals surface area contributed by atoms with Crippen LogP contribution in [0.4, 0.5) is 5.69 Å². The lowest BCUT2D eigenvalue weighted by Gasteiger charge is -2.32. The molecule has 1 saturated heterocycles. The van der Waals surface area contributed by atoms with E-state index in [4.69, 9.17) is 0 Å². The first-order valence-electron chi connectivity index (χ1n) is 6.36. The molecule has 0 unspecified atom stereocenters. The molecule has 1 aliphatic rings. The van der Waals surface area contributed by atoms with Gasteiger partial charge in [-0.25, -0.2) is 0 Å². The highest BCUT2D eigenvalue weighted by molar-refractivity contribution is 5.95. The van der Waals surface area contributed by atoms with Crippen LogP contribution in [-0.4, -0.2) is 60.4 Å². The molecule has 106 valence electrons. The summed E-state index contributed by atoms with van der Waals surface area (Å²) in [5.74, 6) is 0.697. The normalized spacial score (nSPS) is 16.9. The smallest absolute Gasteiger partial charge is 0.241 e. The molecule has 1 fully saturated rings. The molecule has 0 radical (unpaired) electrons. The number of piperazine rings is 1. The predicted molar refractivity (Wildman–Crippen MR) is 69.6 cm³/mol. The van der Waals surface area contributed by atoms with Gasteiger partial charge in [-0.1, -0.05) is 0 Å². The number of nitrogens with zero attached hydrogens (tertiary/aromatic N) is 8. The fourth-order valence-electron chi connectivity index (χ4n) is 2.26. The van der Waals surface area contributed by atoms with Gasteiger partial charge in [0.25, 0.3) is 0 Å². The van der Waals surface area contributed by atoms with Crippen molar-refractivity contribution < 1.29 is 4.79 Å². The topological polar surface area (TPSA) is 85.0 Å². The molecule has 0 bridgehead atoms. The number of hydrogen-bond donors (Lipinski definition) is 0. The Kier molecular flexibility index (Phi) is 3.18. The van der Waals surface area contributed by atoms with Gasteiger partial charge in [-0.15, -0.1) is 10.2 Å². The first-order chi connectivity index (χ1) is 9.61. The molecule has 0 N–H and O–H groups in total. The Labute approximate surface area is 115 Å². The Balaban J connectivity index is 1.63. The maximum Gasteiger partial charge on any atom is 0.241 e. The summed E-state index contributed by atoms with van der Waals surface area (Å²) in [6.07, 6.45) is 3.55. The number of rotatable bonds is 3. The highest BCUT2D eigenvalue weighted by Crippen LogP contribution is 2.16. The van der Waals surface area contributed by atoms with Gasteiger partial charge in [0.1, 0.15) is 0 Å². The van der Waals surface area contributed by atoms with Crippen molar-refractivity contribution in [2.75, 3.05) is 24.5 Å². The fourth-order valence-corrected chi connectivity index (χ4v) is 2.26. The summed E-state index contributed by atoms with van der Waals surface area (Å²) in [6, 6.07) is 0. The maximum atomic E-state index is 12.2. The lowest BCUT2D eigenvalue weighted by molar-refractivity contribution is -0.121. The Bertz CT molecular complexity index is 617. The molecule has 3 heterocycles. The van der Waals surface area contributed by atoms with Gasteiger partial charge >= 0.3 is 0 Å². The van der Waals surface area contributed by atoms with Crippen molar-refractivity contribution in [3.05, 3.63) is 18.2 Å². The van der Waals surface area contributed by atoms with Crippen molar-refractivity contribution in [1.82, 2.24) is 34.9 Å². The van der Waals surface area contributed by atoms with Gasteiger partial charge in [-0.3, -0.25) is 14.4 Å². The number of hydrogen-bond acceptors (Lipinski definition) is 6. The van der Waals surface area contributed by atoms with E-state index in [0.29, 0.717) is 25.5 Å². The molecule has 3 rings (SSSR count). The van der Waals surface area contributed by atoms with Crippen LogP contribution >= 0.6 is 0 Å². The summed E-state index contributed by atoms with van der Waals surface area (Å²) < 4.78 is 1.69. The number of anilines is 1. The number of aryl methyl sites for hydroxylation is 2. The van der Waals surface area contributed by atoms with Gasteiger partial charge in [0.2, 0.25) is 5.91 Å². The molecule has 0 atom stereocenters. The third kappa shape index (κ3) is 2.52. The highest BCUT2D eigenvalue weighted by atomic mass is 16.2. The minimum absolute atomic E-state index is 0.0631. The van der Waals surface area contributed by atoms with Crippen molar-refractivity contribution in [3.63, 3.8) is 0 Å². The van der Waals surface area contributed by atoms with Gasteiger partial charge < -0.3 is 4.90 Å². The molecule has 9 nitrogen and oxygen atoms in total. The first kappa shape index (κ1) is 12.7.